The number of ether oxygens (including phenoxy) is 6. The van der Waals surface area contributed by atoms with Gasteiger partial charge in [0, 0.05) is 12.5 Å². The van der Waals surface area contributed by atoms with Crippen molar-refractivity contribution in [2.45, 2.75) is 158 Å². The summed E-state index contributed by atoms with van der Waals surface area (Å²) in [5.74, 6) is 1.71. The van der Waals surface area contributed by atoms with Crippen LogP contribution in [0, 0.1) is 44.8 Å². The number of epoxide rings is 1. The molecule has 0 radical (unpaired) electrons. The maximum atomic E-state index is 12.5. The Morgan fingerprint density at radius 2 is 1.32 bits per heavy atom. The van der Waals surface area contributed by atoms with E-state index in [2.05, 4.69) is 6.92 Å². The zero-order chi connectivity index (χ0) is 45.2. The molecule has 12 heteroatoms. The summed E-state index contributed by atoms with van der Waals surface area (Å²) < 4.78 is 31.5. The van der Waals surface area contributed by atoms with Gasteiger partial charge in [0.15, 0.2) is 0 Å². The highest BCUT2D eigenvalue weighted by molar-refractivity contribution is 5.79. The molecule has 342 valence electrons. The number of phenols is 1. The number of aliphatic hydroxyl groups is 1. The highest BCUT2D eigenvalue weighted by Gasteiger charge is 2.60. The number of aliphatic hydroxyl groups excluding tert-OH is 1. The number of carbonyl (C=O) groups excluding carboxylic acids is 4. The molecule has 2 aliphatic heterocycles. The Kier molecular flexibility index (Phi) is 18.1. The van der Waals surface area contributed by atoms with Gasteiger partial charge in [0.25, 0.3) is 0 Å². The zero-order valence-corrected chi connectivity index (χ0v) is 38.9. The normalized spacial score (nSPS) is 28.7. The van der Waals surface area contributed by atoms with Gasteiger partial charge in [-0.1, -0.05) is 34.6 Å². The molecular weight excluding hydrogens is 769 g/mol. The molecule has 2 saturated heterocycles. The number of aromatic hydroxyl groups is 1. The number of rotatable bonds is 14. The number of phenolic OH excluding ortho intramolecular Hbond substituents is 1. The number of esters is 4. The van der Waals surface area contributed by atoms with Crippen LogP contribution in [0.25, 0.3) is 0 Å². The number of carbonyl (C=O) groups is 4. The van der Waals surface area contributed by atoms with Crippen molar-refractivity contribution >= 4 is 23.9 Å². The van der Waals surface area contributed by atoms with Crippen molar-refractivity contribution in [2.75, 3.05) is 40.1 Å². The summed E-state index contributed by atoms with van der Waals surface area (Å²) in [5, 5.41) is 18.9. The first kappa shape index (κ1) is 51.1. The van der Waals surface area contributed by atoms with E-state index >= 15 is 0 Å². The van der Waals surface area contributed by atoms with E-state index in [-0.39, 0.29) is 64.2 Å². The molecule has 0 amide bonds. The lowest BCUT2D eigenvalue weighted by molar-refractivity contribution is -0.214. The van der Waals surface area contributed by atoms with Gasteiger partial charge in [-0.15, -0.1) is 0 Å². The zero-order valence-electron chi connectivity index (χ0n) is 38.9. The molecule has 0 aromatic heterocycles. The van der Waals surface area contributed by atoms with Crippen LogP contribution in [0.5, 0.6) is 11.5 Å². The monoisotopic (exact) mass is 847 g/mol. The van der Waals surface area contributed by atoms with Gasteiger partial charge in [0.05, 0.1) is 48.6 Å². The van der Waals surface area contributed by atoms with E-state index in [1.54, 1.807) is 12.1 Å². The summed E-state index contributed by atoms with van der Waals surface area (Å²) in [5.41, 5.74) is -1.82. The highest BCUT2D eigenvalue weighted by Crippen LogP contribution is 2.63. The quantitative estimate of drug-likeness (QED) is 0.0791. The predicted octanol–water partition coefficient (Wildman–Crippen LogP) is 9.01. The summed E-state index contributed by atoms with van der Waals surface area (Å²) in [6, 6.07) is 6.11. The Balaban J connectivity index is 0.000000219. The van der Waals surface area contributed by atoms with E-state index in [0.717, 1.165) is 70.8 Å². The molecule has 5 atom stereocenters. The van der Waals surface area contributed by atoms with Crippen molar-refractivity contribution in [3.8, 4) is 11.5 Å². The van der Waals surface area contributed by atoms with Crippen LogP contribution in [0.2, 0.25) is 0 Å². The lowest BCUT2D eigenvalue weighted by Gasteiger charge is -2.61. The fraction of sp³-hybridized carbons (Fsp3) is 0.792. The number of benzene rings is 1. The average molecular weight is 847 g/mol. The van der Waals surface area contributed by atoms with Gasteiger partial charge in [-0.2, -0.15) is 0 Å². The van der Waals surface area contributed by atoms with Crippen molar-refractivity contribution in [3.63, 3.8) is 0 Å². The minimum atomic E-state index is -0.474. The van der Waals surface area contributed by atoms with Gasteiger partial charge < -0.3 is 38.6 Å². The standard InChI is InChI=1S/C17H28O3.C12H16O3.C10H18O3.C9H16O3/c1-4-15(2,3)14(19)20-17-8-12-5-13(9-17)7-16(6-12,10-17)11-18;1-4-12(2,3)11(14)15-10-7-5-9(13)6-8-10;1-4-8-6-13-7-10(8,5-2)9(11)12-3;1-4-9(2,3)8(10)12-6-7-5-11-7/h12-13,18H,4-11H2,1-3H3;5-8,13H,4H2,1-3H3;8H,4-7H2,1-3H3;7H,4-6H2,1-3H3. The SMILES string of the molecule is CCC(C)(C)C(=O)OC12CC3CC(CC(CO)(C3)C1)C2.CCC(C)(C)C(=O)OCC1CO1.CCC(C)(C)C(=O)Oc1ccc(O)cc1.CCC1COCC1(CC)C(=O)OC. The maximum absolute atomic E-state index is 12.5. The topological polar surface area (TPSA) is 167 Å². The van der Waals surface area contributed by atoms with Crippen LogP contribution in [0.4, 0.5) is 0 Å². The molecule has 60 heavy (non-hydrogen) atoms. The first-order valence-corrected chi connectivity index (χ1v) is 22.4. The molecule has 6 aliphatic rings. The van der Waals surface area contributed by atoms with Gasteiger partial charge in [-0.05, 0) is 154 Å². The number of hydrogen-bond acceptors (Lipinski definition) is 12. The molecule has 4 saturated carbocycles. The largest absolute Gasteiger partial charge is 0.508 e. The van der Waals surface area contributed by atoms with Gasteiger partial charge in [0.2, 0.25) is 0 Å². The van der Waals surface area contributed by atoms with Gasteiger partial charge in [-0.3, -0.25) is 19.2 Å². The molecule has 4 bridgehead atoms. The van der Waals surface area contributed by atoms with Crippen molar-refractivity contribution in [2.24, 2.45) is 44.8 Å². The molecule has 6 fully saturated rings. The molecule has 1 aromatic carbocycles. The van der Waals surface area contributed by atoms with Gasteiger partial charge in [-0.25, -0.2) is 0 Å². The van der Waals surface area contributed by atoms with Crippen LogP contribution in [0.15, 0.2) is 24.3 Å². The van der Waals surface area contributed by atoms with E-state index in [1.807, 2.05) is 69.2 Å². The maximum Gasteiger partial charge on any atom is 0.316 e. The second-order valence-electron chi connectivity index (χ2n) is 20.0. The molecule has 4 aliphatic carbocycles. The Morgan fingerprint density at radius 1 is 0.783 bits per heavy atom. The van der Waals surface area contributed by atoms with E-state index in [9.17, 15) is 24.3 Å². The second kappa shape index (κ2) is 21.2. The van der Waals surface area contributed by atoms with E-state index < -0.39 is 10.8 Å². The lowest BCUT2D eigenvalue weighted by atomic mass is 9.48. The number of methoxy groups -OCH3 is 1. The third-order valence-corrected chi connectivity index (χ3v) is 14.1. The summed E-state index contributed by atoms with van der Waals surface area (Å²) in [6.45, 7) is 24.1. The molecule has 5 unspecified atom stereocenters. The smallest absolute Gasteiger partial charge is 0.316 e. The third kappa shape index (κ3) is 13.1. The van der Waals surface area contributed by atoms with E-state index in [4.69, 9.17) is 33.5 Å². The average Bonchev–Trinajstić information content (AvgIpc) is 3.96. The van der Waals surface area contributed by atoms with Crippen LogP contribution in [-0.4, -0.2) is 85.9 Å². The first-order valence-electron chi connectivity index (χ1n) is 22.4. The lowest BCUT2D eigenvalue weighted by Crippen LogP contribution is -2.59. The van der Waals surface area contributed by atoms with Crippen LogP contribution >= 0.6 is 0 Å². The molecule has 2 N–H and O–H groups in total. The van der Waals surface area contributed by atoms with Gasteiger partial charge in [0.1, 0.15) is 29.8 Å². The van der Waals surface area contributed by atoms with Crippen molar-refractivity contribution in [1.82, 2.24) is 0 Å². The Bertz CT molecular complexity index is 1550. The minimum absolute atomic E-state index is 0.0424. The van der Waals surface area contributed by atoms with Gasteiger partial charge >= 0.3 is 23.9 Å². The van der Waals surface area contributed by atoms with Crippen molar-refractivity contribution in [3.05, 3.63) is 24.3 Å². The van der Waals surface area contributed by atoms with E-state index in [1.165, 1.54) is 25.7 Å². The fourth-order valence-electron chi connectivity index (χ4n) is 8.86. The molecule has 1 aromatic rings. The summed E-state index contributed by atoms with van der Waals surface area (Å²) in [6.07, 6.45) is 10.8. The summed E-state index contributed by atoms with van der Waals surface area (Å²) >= 11 is 0. The van der Waals surface area contributed by atoms with Crippen molar-refractivity contribution < 1.29 is 57.8 Å². The second-order valence-corrected chi connectivity index (χ2v) is 20.0. The summed E-state index contributed by atoms with van der Waals surface area (Å²) in [4.78, 5) is 47.1. The van der Waals surface area contributed by atoms with Crippen LogP contribution < -0.4 is 4.74 Å². The molecule has 7 rings (SSSR count). The molecule has 0 spiro atoms. The van der Waals surface area contributed by atoms with Crippen LogP contribution in [0.3, 0.4) is 0 Å². The molecular formula is C48H78O12. The van der Waals surface area contributed by atoms with Crippen LogP contribution in [0.1, 0.15) is 147 Å². The van der Waals surface area contributed by atoms with Crippen LogP contribution in [-0.2, 0) is 42.9 Å². The van der Waals surface area contributed by atoms with E-state index in [0.29, 0.717) is 43.3 Å². The first-order chi connectivity index (χ1) is 28.0. The Morgan fingerprint density at radius 3 is 1.78 bits per heavy atom. The fourth-order valence-corrected chi connectivity index (χ4v) is 8.86. The third-order valence-electron chi connectivity index (χ3n) is 14.1. The predicted molar refractivity (Wildman–Crippen MR) is 229 cm³/mol. The number of hydrogen-bond donors (Lipinski definition) is 2. The van der Waals surface area contributed by atoms with Crippen molar-refractivity contribution in [1.29, 1.82) is 0 Å². The summed E-state index contributed by atoms with van der Waals surface area (Å²) in [7, 11) is 1.45. The molecule has 2 heterocycles. The Labute approximate surface area is 360 Å². The Hall–Kier alpha value is -3.22. The minimum Gasteiger partial charge on any atom is -0.508 e. The molecule has 12 nitrogen and oxygen atoms in total. The highest BCUT2D eigenvalue weighted by atomic mass is 16.6.